The summed E-state index contributed by atoms with van der Waals surface area (Å²) in [6.07, 6.45) is 1.97. The predicted molar refractivity (Wildman–Crippen MR) is 96.2 cm³/mol. The number of aromatic nitrogens is 1. The van der Waals surface area contributed by atoms with E-state index in [0.717, 1.165) is 5.56 Å². The van der Waals surface area contributed by atoms with E-state index in [4.69, 9.17) is 4.74 Å². The summed E-state index contributed by atoms with van der Waals surface area (Å²) in [6.45, 7) is 6.88. The molecule has 0 saturated heterocycles. The molecular formula is C19H19NO4S. The highest BCUT2D eigenvalue weighted by molar-refractivity contribution is 7.13. The van der Waals surface area contributed by atoms with E-state index in [1.54, 1.807) is 31.2 Å². The number of esters is 1. The van der Waals surface area contributed by atoms with Crippen molar-refractivity contribution in [2.24, 2.45) is 0 Å². The van der Waals surface area contributed by atoms with Gasteiger partial charge in [-0.3, -0.25) is 9.59 Å². The second-order valence-corrected chi connectivity index (χ2v) is 6.67. The molecule has 25 heavy (non-hydrogen) atoms. The van der Waals surface area contributed by atoms with Crippen LogP contribution in [0.3, 0.4) is 0 Å². The SMILES string of the molecule is C=CCOC(=O)c1sc(CC(=O)c2ccc(CC(C)=O)cc2)nc1C. The average Bonchev–Trinajstić information content (AvgIpc) is 2.93. The minimum Gasteiger partial charge on any atom is -0.457 e. The molecule has 0 atom stereocenters. The zero-order valence-corrected chi connectivity index (χ0v) is 15.0. The third-order valence-electron chi connectivity index (χ3n) is 3.40. The Labute approximate surface area is 150 Å². The van der Waals surface area contributed by atoms with E-state index in [2.05, 4.69) is 11.6 Å². The number of ether oxygens (including phenoxy) is 1. The van der Waals surface area contributed by atoms with Crippen molar-refractivity contribution in [2.75, 3.05) is 6.61 Å². The largest absolute Gasteiger partial charge is 0.457 e. The second kappa shape index (κ2) is 8.48. The maximum Gasteiger partial charge on any atom is 0.350 e. The van der Waals surface area contributed by atoms with Gasteiger partial charge < -0.3 is 4.74 Å². The standard InChI is InChI=1S/C19H19NO4S/c1-4-9-24-19(23)18-13(3)20-17(25-18)11-16(22)15-7-5-14(6-8-15)10-12(2)21/h4-8H,1,9-11H2,2-3H3. The number of hydrogen-bond donors (Lipinski definition) is 0. The minimum atomic E-state index is -0.456. The zero-order valence-electron chi connectivity index (χ0n) is 14.2. The minimum absolute atomic E-state index is 0.0770. The molecule has 0 aliphatic carbocycles. The van der Waals surface area contributed by atoms with Crippen LogP contribution < -0.4 is 0 Å². The number of aryl methyl sites for hydroxylation is 1. The monoisotopic (exact) mass is 357 g/mol. The Morgan fingerprint density at radius 3 is 2.48 bits per heavy atom. The third kappa shape index (κ3) is 5.19. The zero-order chi connectivity index (χ0) is 18.4. The Bertz CT molecular complexity index is 805. The molecular weight excluding hydrogens is 338 g/mol. The molecule has 1 aromatic heterocycles. The van der Waals surface area contributed by atoms with Crippen molar-refractivity contribution in [1.29, 1.82) is 0 Å². The van der Waals surface area contributed by atoms with E-state index in [0.29, 0.717) is 27.6 Å². The smallest absolute Gasteiger partial charge is 0.350 e. The lowest BCUT2D eigenvalue weighted by Crippen LogP contribution is -2.04. The summed E-state index contributed by atoms with van der Waals surface area (Å²) in [7, 11) is 0. The van der Waals surface area contributed by atoms with Gasteiger partial charge in [0, 0.05) is 12.0 Å². The molecule has 0 unspecified atom stereocenters. The Morgan fingerprint density at radius 1 is 1.20 bits per heavy atom. The molecule has 0 spiro atoms. The fourth-order valence-corrected chi connectivity index (χ4v) is 3.21. The van der Waals surface area contributed by atoms with Crippen LogP contribution in [0.15, 0.2) is 36.9 Å². The Kier molecular flexibility index (Phi) is 6.36. The molecule has 0 saturated carbocycles. The van der Waals surface area contributed by atoms with Crippen LogP contribution >= 0.6 is 11.3 Å². The number of hydrogen-bond acceptors (Lipinski definition) is 6. The molecule has 0 amide bonds. The Hall–Kier alpha value is -2.60. The highest BCUT2D eigenvalue weighted by Gasteiger charge is 2.18. The maximum absolute atomic E-state index is 12.4. The van der Waals surface area contributed by atoms with Crippen LogP contribution in [-0.4, -0.2) is 29.1 Å². The van der Waals surface area contributed by atoms with Crippen LogP contribution in [-0.2, 0) is 22.4 Å². The van der Waals surface area contributed by atoms with E-state index in [1.807, 2.05) is 0 Å². The lowest BCUT2D eigenvalue weighted by atomic mass is 10.0. The summed E-state index contributed by atoms with van der Waals surface area (Å²) in [4.78, 5) is 40.1. The lowest BCUT2D eigenvalue weighted by molar-refractivity contribution is -0.116. The number of benzene rings is 1. The summed E-state index contributed by atoms with van der Waals surface area (Å²) in [5.74, 6) is -0.468. The lowest BCUT2D eigenvalue weighted by Gasteiger charge is -2.01. The molecule has 5 nitrogen and oxygen atoms in total. The topological polar surface area (TPSA) is 73.3 Å². The predicted octanol–water partition coefficient (Wildman–Crippen LogP) is 3.35. The Morgan fingerprint density at radius 2 is 1.88 bits per heavy atom. The van der Waals surface area contributed by atoms with Crippen LogP contribution in [0, 0.1) is 6.92 Å². The van der Waals surface area contributed by atoms with Gasteiger partial charge in [0.15, 0.2) is 5.78 Å². The van der Waals surface area contributed by atoms with Gasteiger partial charge in [-0.2, -0.15) is 0 Å². The summed E-state index contributed by atoms with van der Waals surface area (Å²) in [5.41, 5.74) is 1.98. The molecule has 0 aliphatic heterocycles. The number of carbonyl (C=O) groups is 3. The van der Waals surface area contributed by atoms with Crippen LogP contribution in [0.5, 0.6) is 0 Å². The van der Waals surface area contributed by atoms with Crippen molar-refractivity contribution in [3.8, 4) is 0 Å². The van der Waals surface area contributed by atoms with E-state index in [9.17, 15) is 14.4 Å². The van der Waals surface area contributed by atoms with Crippen LogP contribution in [0.1, 0.15) is 43.2 Å². The molecule has 2 rings (SSSR count). The number of nitrogens with zero attached hydrogens (tertiary/aromatic N) is 1. The van der Waals surface area contributed by atoms with Gasteiger partial charge in [0.25, 0.3) is 0 Å². The number of thiazole rings is 1. The van der Waals surface area contributed by atoms with Gasteiger partial charge in [0.05, 0.1) is 12.1 Å². The maximum atomic E-state index is 12.4. The molecule has 6 heteroatoms. The van der Waals surface area contributed by atoms with Crippen molar-refractivity contribution < 1.29 is 19.1 Å². The molecule has 2 aromatic rings. The first-order valence-corrected chi connectivity index (χ1v) is 8.58. The van der Waals surface area contributed by atoms with Crippen molar-refractivity contribution in [2.45, 2.75) is 26.7 Å². The summed E-state index contributed by atoms with van der Waals surface area (Å²) < 4.78 is 5.01. The molecule has 1 heterocycles. The molecule has 130 valence electrons. The van der Waals surface area contributed by atoms with E-state index in [1.165, 1.54) is 24.3 Å². The van der Waals surface area contributed by atoms with Gasteiger partial charge in [0.2, 0.25) is 0 Å². The van der Waals surface area contributed by atoms with Crippen LogP contribution in [0.2, 0.25) is 0 Å². The van der Waals surface area contributed by atoms with Crippen molar-refractivity contribution in [1.82, 2.24) is 4.98 Å². The third-order valence-corrected chi connectivity index (χ3v) is 4.54. The summed E-state index contributed by atoms with van der Waals surface area (Å²) in [6, 6.07) is 6.97. The van der Waals surface area contributed by atoms with Gasteiger partial charge in [0.1, 0.15) is 22.3 Å². The Balaban J connectivity index is 2.06. The quantitative estimate of drug-likeness (QED) is 0.411. The second-order valence-electron chi connectivity index (χ2n) is 5.58. The molecule has 0 radical (unpaired) electrons. The van der Waals surface area contributed by atoms with Crippen molar-refractivity contribution in [3.63, 3.8) is 0 Å². The van der Waals surface area contributed by atoms with Gasteiger partial charge in [-0.1, -0.05) is 36.9 Å². The van der Waals surface area contributed by atoms with Gasteiger partial charge in [-0.05, 0) is 19.4 Å². The van der Waals surface area contributed by atoms with Gasteiger partial charge in [-0.15, -0.1) is 11.3 Å². The van der Waals surface area contributed by atoms with Gasteiger partial charge >= 0.3 is 5.97 Å². The average molecular weight is 357 g/mol. The molecule has 0 N–H and O–H groups in total. The highest BCUT2D eigenvalue weighted by atomic mass is 32.1. The summed E-state index contributed by atoms with van der Waals surface area (Å²) in [5, 5.41) is 0.570. The first-order valence-electron chi connectivity index (χ1n) is 7.76. The fourth-order valence-electron chi connectivity index (χ4n) is 2.25. The highest BCUT2D eigenvalue weighted by Crippen LogP contribution is 2.21. The molecule has 0 bridgehead atoms. The normalized spacial score (nSPS) is 10.3. The van der Waals surface area contributed by atoms with Crippen LogP contribution in [0.4, 0.5) is 0 Å². The first kappa shape index (κ1) is 18.7. The number of rotatable bonds is 8. The number of ketones is 2. The summed E-state index contributed by atoms with van der Waals surface area (Å²) >= 11 is 1.17. The van der Waals surface area contributed by atoms with Crippen LogP contribution in [0.25, 0.3) is 0 Å². The van der Waals surface area contributed by atoms with Crippen molar-refractivity contribution >= 4 is 28.9 Å². The van der Waals surface area contributed by atoms with Crippen molar-refractivity contribution in [3.05, 3.63) is 63.6 Å². The van der Waals surface area contributed by atoms with E-state index >= 15 is 0 Å². The van der Waals surface area contributed by atoms with E-state index in [-0.39, 0.29) is 24.6 Å². The fraction of sp³-hybridized carbons (Fsp3) is 0.263. The van der Waals surface area contributed by atoms with E-state index < -0.39 is 5.97 Å². The number of Topliss-reactive ketones (excluding diaryl/α,β-unsaturated/α-hetero) is 2. The number of carbonyl (C=O) groups excluding carboxylic acids is 3. The molecule has 0 fully saturated rings. The first-order chi connectivity index (χ1) is 11.9. The molecule has 1 aromatic carbocycles. The molecule has 0 aliphatic rings. The van der Waals surface area contributed by atoms with Gasteiger partial charge in [-0.25, -0.2) is 9.78 Å².